The number of aliphatic hydroxyl groups is 1. The van der Waals surface area contributed by atoms with Crippen LogP contribution in [0.4, 0.5) is 5.95 Å². The number of rotatable bonds is 6. The molecule has 1 unspecified atom stereocenters. The number of fused-ring (bicyclic) bond motifs is 1. The lowest BCUT2D eigenvalue weighted by Crippen LogP contribution is -2.30. The van der Waals surface area contributed by atoms with Crippen molar-refractivity contribution >= 4 is 27.5 Å². The van der Waals surface area contributed by atoms with Crippen LogP contribution >= 0.6 is 11.3 Å². The number of nitrogens with one attached hydrogen (secondary N) is 1. The lowest BCUT2D eigenvalue weighted by molar-refractivity contribution is 0.0965. The number of aromatic nitrogens is 2. The minimum absolute atomic E-state index is 0.00247. The maximum absolute atomic E-state index is 13.1. The zero-order valence-corrected chi connectivity index (χ0v) is 14.4. The van der Waals surface area contributed by atoms with Crippen molar-refractivity contribution in [3.8, 4) is 0 Å². The Balaban J connectivity index is 2.11. The molecule has 2 N–H and O–H groups in total. The average molecular weight is 337 g/mol. The van der Waals surface area contributed by atoms with Gasteiger partial charge in [-0.25, -0.2) is 4.98 Å². The summed E-state index contributed by atoms with van der Waals surface area (Å²) in [7, 11) is 0. The first-order chi connectivity index (χ1) is 11.2. The molecule has 1 atom stereocenters. The summed E-state index contributed by atoms with van der Waals surface area (Å²) in [6, 6.07) is 0. The third-order valence-corrected chi connectivity index (χ3v) is 5.31. The first kappa shape index (κ1) is 16.4. The smallest absolute Gasteiger partial charge is 0.264 e. The summed E-state index contributed by atoms with van der Waals surface area (Å²) in [5.74, 6) is 0.524. The molecule has 1 aliphatic heterocycles. The van der Waals surface area contributed by atoms with Crippen molar-refractivity contribution in [3.63, 3.8) is 0 Å². The van der Waals surface area contributed by atoms with E-state index in [0.717, 1.165) is 46.5 Å². The number of ether oxygens (including phenoxy) is 1. The summed E-state index contributed by atoms with van der Waals surface area (Å²) < 4.78 is 7.36. The van der Waals surface area contributed by atoms with Crippen LogP contribution in [0.2, 0.25) is 0 Å². The Labute approximate surface area is 139 Å². The minimum Gasteiger partial charge on any atom is -0.395 e. The molecule has 3 heterocycles. The Morgan fingerprint density at radius 1 is 1.52 bits per heavy atom. The molecule has 23 heavy (non-hydrogen) atoms. The van der Waals surface area contributed by atoms with E-state index in [4.69, 9.17) is 9.84 Å². The van der Waals surface area contributed by atoms with Gasteiger partial charge in [0.1, 0.15) is 4.83 Å². The summed E-state index contributed by atoms with van der Waals surface area (Å²) >= 11 is 1.56. The van der Waals surface area contributed by atoms with Crippen LogP contribution in [-0.2, 0) is 17.7 Å². The third-order valence-electron chi connectivity index (χ3n) is 4.27. The minimum atomic E-state index is -0.00728. The topological polar surface area (TPSA) is 76.4 Å². The van der Waals surface area contributed by atoms with Crippen LogP contribution in [0.3, 0.4) is 0 Å². The van der Waals surface area contributed by atoms with Gasteiger partial charge in [0.05, 0.1) is 24.6 Å². The predicted molar refractivity (Wildman–Crippen MR) is 92.5 cm³/mol. The van der Waals surface area contributed by atoms with Crippen LogP contribution in [-0.4, -0.2) is 40.5 Å². The van der Waals surface area contributed by atoms with E-state index in [1.165, 1.54) is 0 Å². The van der Waals surface area contributed by atoms with Gasteiger partial charge >= 0.3 is 0 Å². The number of hydrogen-bond donors (Lipinski definition) is 2. The fraction of sp³-hybridized carbons (Fsp3) is 0.625. The van der Waals surface area contributed by atoms with Gasteiger partial charge < -0.3 is 15.2 Å². The van der Waals surface area contributed by atoms with Crippen molar-refractivity contribution in [1.29, 1.82) is 0 Å². The van der Waals surface area contributed by atoms with Crippen molar-refractivity contribution in [3.05, 3.63) is 20.8 Å². The van der Waals surface area contributed by atoms with Gasteiger partial charge in [0.2, 0.25) is 5.95 Å². The number of anilines is 1. The van der Waals surface area contributed by atoms with E-state index in [1.54, 1.807) is 15.9 Å². The lowest BCUT2D eigenvalue weighted by Gasteiger charge is -2.16. The van der Waals surface area contributed by atoms with Gasteiger partial charge in [0.25, 0.3) is 5.56 Å². The van der Waals surface area contributed by atoms with Crippen LogP contribution in [0.1, 0.15) is 30.2 Å². The molecule has 3 rings (SSSR count). The van der Waals surface area contributed by atoms with Gasteiger partial charge in [-0.05, 0) is 31.7 Å². The van der Waals surface area contributed by atoms with Crippen LogP contribution in [0.5, 0.6) is 0 Å². The van der Waals surface area contributed by atoms with Gasteiger partial charge in [0.15, 0.2) is 0 Å². The zero-order chi connectivity index (χ0) is 16.4. The summed E-state index contributed by atoms with van der Waals surface area (Å²) in [5, 5.41) is 12.9. The second-order valence-corrected chi connectivity index (χ2v) is 7.01. The van der Waals surface area contributed by atoms with Crippen molar-refractivity contribution < 1.29 is 9.84 Å². The monoisotopic (exact) mass is 337 g/mol. The molecule has 0 amide bonds. The second-order valence-electron chi connectivity index (χ2n) is 5.81. The van der Waals surface area contributed by atoms with Crippen molar-refractivity contribution in [2.75, 3.05) is 25.1 Å². The van der Waals surface area contributed by atoms with Crippen molar-refractivity contribution in [1.82, 2.24) is 9.55 Å². The number of nitrogens with zero attached hydrogens (tertiary/aromatic N) is 2. The largest absolute Gasteiger partial charge is 0.395 e. The first-order valence-corrected chi connectivity index (χ1v) is 8.96. The molecule has 0 spiro atoms. The van der Waals surface area contributed by atoms with Crippen LogP contribution in [0, 0.1) is 6.92 Å². The average Bonchev–Trinajstić information content (AvgIpc) is 3.15. The molecule has 1 saturated heterocycles. The SMILES string of the molecule is CCc1c(C)sc2nc(NCCO)n(CC3CCCO3)c(=O)c12. The Morgan fingerprint density at radius 2 is 2.35 bits per heavy atom. The van der Waals surface area contributed by atoms with Crippen LogP contribution < -0.4 is 10.9 Å². The highest BCUT2D eigenvalue weighted by Gasteiger charge is 2.22. The van der Waals surface area contributed by atoms with E-state index in [0.29, 0.717) is 19.0 Å². The molecule has 6 nitrogen and oxygen atoms in total. The first-order valence-electron chi connectivity index (χ1n) is 8.14. The Bertz CT molecular complexity index is 747. The molecular weight excluding hydrogens is 314 g/mol. The molecule has 0 bridgehead atoms. The molecular formula is C16H23N3O3S. The van der Waals surface area contributed by atoms with E-state index >= 15 is 0 Å². The lowest BCUT2D eigenvalue weighted by atomic mass is 10.1. The summed E-state index contributed by atoms with van der Waals surface area (Å²) in [6.45, 7) is 5.73. The van der Waals surface area contributed by atoms with Gasteiger partial charge in [-0.3, -0.25) is 9.36 Å². The van der Waals surface area contributed by atoms with Crippen molar-refractivity contribution in [2.45, 2.75) is 45.8 Å². The molecule has 126 valence electrons. The molecule has 2 aromatic heterocycles. The highest BCUT2D eigenvalue weighted by Crippen LogP contribution is 2.28. The Morgan fingerprint density at radius 3 is 3.00 bits per heavy atom. The zero-order valence-electron chi connectivity index (χ0n) is 13.6. The normalized spacial score (nSPS) is 18.0. The fourth-order valence-electron chi connectivity index (χ4n) is 3.14. The molecule has 0 saturated carbocycles. The highest BCUT2D eigenvalue weighted by atomic mass is 32.1. The second kappa shape index (κ2) is 6.98. The van der Waals surface area contributed by atoms with Crippen LogP contribution in [0.15, 0.2) is 4.79 Å². The number of aryl methyl sites for hydroxylation is 2. The molecule has 0 aromatic carbocycles. The highest BCUT2D eigenvalue weighted by molar-refractivity contribution is 7.18. The number of hydrogen-bond acceptors (Lipinski definition) is 6. The standard InChI is InChI=1S/C16H23N3O3S/c1-3-12-10(2)23-14-13(12)15(21)19(9-11-5-4-8-22-11)16(18-14)17-6-7-20/h11,20H,3-9H2,1-2H3,(H,17,18). The molecule has 7 heteroatoms. The molecule has 1 fully saturated rings. The van der Waals surface area contributed by atoms with E-state index in [2.05, 4.69) is 17.2 Å². The number of aliphatic hydroxyl groups excluding tert-OH is 1. The summed E-state index contributed by atoms with van der Waals surface area (Å²) in [5.41, 5.74) is 1.09. The van der Waals surface area contributed by atoms with Crippen molar-refractivity contribution in [2.24, 2.45) is 0 Å². The quantitative estimate of drug-likeness (QED) is 0.842. The molecule has 2 aromatic rings. The summed E-state index contributed by atoms with van der Waals surface area (Å²) in [6.07, 6.45) is 2.89. The van der Waals surface area contributed by atoms with Gasteiger partial charge in [0, 0.05) is 18.0 Å². The molecule has 1 aliphatic rings. The molecule has 0 aliphatic carbocycles. The van der Waals surface area contributed by atoms with Gasteiger partial charge in [-0.1, -0.05) is 6.92 Å². The van der Waals surface area contributed by atoms with Gasteiger partial charge in [-0.15, -0.1) is 11.3 Å². The third kappa shape index (κ3) is 3.13. The van der Waals surface area contributed by atoms with Gasteiger partial charge in [-0.2, -0.15) is 0 Å². The van der Waals surface area contributed by atoms with Crippen LogP contribution in [0.25, 0.3) is 10.2 Å². The Hall–Kier alpha value is -1.44. The predicted octanol–water partition coefficient (Wildman–Crippen LogP) is 1.91. The van der Waals surface area contributed by atoms with E-state index in [1.807, 2.05) is 6.92 Å². The van der Waals surface area contributed by atoms with E-state index < -0.39 is 0 Å². The van der Waals surface area contributed by atoms with E-state index in [-0.39, 0.29) is 18.3 Å². The maximum Gasteiger partial charge on any atom is 0.264 e. The number of thiophene rings is 1. The Kier molecular flexibility index (Phi) is 4.99. The maximum atomic E-state index is 13.1. The summed E-state index contributed by atoms with van der Waals surface area (Å²) in [4.78, 5) is 19.6. The fourth-order valence-corrected chi connectivity index (χ4v) is 4.24. The van der Waals surface area contributed by atoms with E-state index in [9.17, 15) is 4.79 Å². The molecule has 0 radical (unpaired) electrons.